The van der Waals surface area contributed by atoms with Gasteiger partial charge < -0.3 is 0 Å². The van der Waals surface area contributed by atoms with Gasteiger partial charge in [0, 0.05) is 12.6 Å². The zero-order valence-electron chi connectivity index (χ0n) is 8.66. The molecule has 2 aromatic rings. The van der Waals surface area contributed by atoms with Gasteiger partial charge in [0.05, 0.1) is 9.99 Å². The van der Waals surface area contributed by atoms with Crippen molar-refractivity contribution in [1.82, 2.24) is 15.0 Å². The summed E-state index contributed by atoms with van der Waals surface area (Å²) in [6, 6.07) is 3.16. The van der Waals surface area contributed by atoms with Crippen LogP contribution in [0.15, 0.2) is 16.6 Å². The van der Waals surface area contributed by atoms with Crippen molar-refractivity contribution in [3.63, 3.8) is 0 Å². The van der Waals surface area contributed by atoms with Crippen LogP contribution in [0.1, 0.15) is 19.3 Å². The third-order valence-electron chi connectivity index (χ3n) is 3.00. The Kier molecular flexibility index (Phi) is 2.42. The molecule has 1 saturated carbocycles. The highest BCUT2D eigenvalue weighted by molar-refractivity contribution is 9.10. The van der Waals surface area contributed by atoms with Crippen LogP contribution in [0.4, 0.5) is 4.39 Å². The Morgan fingerprint density at radius 1 is 1.44 bits per heavy atom. The van der Waals surface area contributed by atoms with E-state index in [9.17, 15) is 4.39 Å². The number of aryl methyl sites for hydroxylation is 1. The Bertz CT molecular complexity index is 533. The Hall–Kier alpha value is -0.970. The second kappa shape index (κ2) is 3.80. The molecule has 0 unspecified atom stereocenters. The molecule has 1 aromatic carbocycles. The molecule has 0 spiro atoms. The van der Waals surface area contributed by atoms with Gasteiger partial charge in [-0.05, 0) is 34.3 Å². The van der Waals surface area contributed by atoms with Crippen LogP contribution < -0.4 is 0 Å². The number of nitrogens with zero attached hydrogens (tertiary/aromatic N) is 3. The first-order chi connectivity index (χ1) is 7.74. The average Bonchev–Trinajstić information content (AvgIpc) is 3.01. The van der Waals surface area contributed by atoms with E-state index in [1.54, 1.807) is 6.07 Å². The van der Waals surface area contributed by atoms with Crippen molar-refractivity contribution >= 4 is 27.0 Å². The van der Waals surface area contributed by atoms with Gasteiger partial charge in [-0.2, -0.15) is 0 Å². The summed E-state index contributed by atoms with van der Waals surface area (Å²) in [6.07, 6.45) is 3.82. The lowest BCUT2D eigenvalue weighted by Gasteiger charge is -2.01. The first kappa shape index (κ1) is 10.2. The van der Waals surface area contributed by atoms with Crippen LogP contribution in [0.25, 0.3) is 11.0 Å². The monoisotopic (exact) mass is 283 g/mol. The number of hydrogen-bond acceptors (Lipinski definition) is 2. The predicted octanol–water partition coefficient (Wildman–Crippen LogP) is 3.13. The van der Waals surface area contributed by atoms with Gasteiger partial charge in [0.25, 0.3) is 0 Å². The molecular weight excluding hydrogens is 273 g/mol. The summed E-state index contributed by atoms with van der Waals surface area (Å²) in [5, 5.41) is 8.03. The summed E-state index contributed by atoms with van der Waals surface area (Å²) in [5.74, 6) is 0.574. The fraction of sp³-hybridized carbons (Fsp3) is 0.455. The van der Waals surface area contributed by atoms with Gasteiger partial charge in [-0.3, -0.25) is 0 Å². The van der Waals surface area contributed by atoms with Gasteiger partial charge in [-0.1, -0.05) is 18.1 Å². The van der Waals surface area contributed by atoms with E-state index in [1.807, 2.05) is 4.68 Å². The van der Waals surface area contributed by atoms with Crippen molar-refractivity contribution in [2.45, 2.75) is 25.8 Å². The normalized spacial score (nSPS) is 15.9. The summed E-state index contributed by atoms with van der Waals surface area (Å²) in [4.78, 5) is 0. The molecule has 5 heteroatoms. The third kappa shape index (κ3) is 1.84. The minimum absolute atomic E-state index is 0.290. The largest absolute Gasteiger partial charge is 0.245 e. The van der Waals surface area contributed by atoms with E-state index in [4.69, 9.17) is 0 Å². The number of halogens is 2. The van der Waals surface area contributed by atoms with E-state index in [-0.39, 0.29) is 5.82 Å². The summed E-state index contributed by atoms with van der Waals surface area (Å²) >= 11 is 3.18. The average molecular weight is 284 g/mol. The second-order valence-electron chi connectivity index (χ2n) is 4.30. The molecule has 1 aliphatic rings. The molecule has 0 aliphatic heterocycles. The van der Waals surface area contributed by atoms with Gasteiger partial charge in [0.15, 0.2) is 0 Å². The van der Waals surface area contributed by atoms with Crippen LogP contribution in [0.5, 0.6) is 0 Å². The van der Waals surface area contributed by atoms with Crippen LogP contribution in [-0.4, -0.2) is 15.0 Å². The summed E-state index contributed by atoms with van der Waals surface area (Å²) in [5.41, 5.74) is 1.52. The highest BCUT2D eigenvalue weighted by atomic mass is 79.9. The van der Waals surface area contributed by atoms with Crippen molar-refractivity contribution < 1.29 is 4.39 Å². The number of fused-ring (bicyclic) bond motifs is 1. The Morgan fingerprint density at radius 2 is 2.25 bits per heavy atom. The molecule has 0 bridgehead atoms. The molecule has 0 atom stereocenters. The molecule has 3 rings (SSSR count). The SMILES string of the molecule is Fc1cc2nnn(CCC3CC3)c2cc1Br. The Labute approximate surface area is 101 Å². The maximum Gasteiger partial charge on any atom is 0.139 e. The van der Waals surface area contributed by atoms with Gasteiger partial charge >= 0.3 is 0 Å². The first-order valence-electron chi connectivity index (χ1n) is 5.42. The number of benzene rings is 1. The van der Waals surface area contributed by atoms with Crippen molar-refractivity contribution in [3.05, 3.63) is 22.4 Å². The van der Waals surface area contributed by atoms with E-state index in [0.717, 1.165) is 24.4 Å². The van der Waals surface area contributed by atoms with Gasteiger partial charge in [-0.25, -0.2) is 9.07 Å². The lowest BCUT2D eigenvalue weighted by Crippen LogP contribution is -2.01. The van der Waals surface area contributed by atoms with E-state index in [1.165, 1.54) is 18.9 Å². The topological polar surface area (TPSA) is 30.7 Å². The minimum atomic E-state index is -0.290. The quantitative estimate of drug-likeness (QED) is 0.867. The van der Waals surface area contributed by atoms with Crippen molar-refractivity contribution in [2.24, 2.45) is 5.92 Å². The summed E-state index contributed by atoms with van der Waals surface area (Å²) in [6.45, 7) is 0.874. The summed E-state index contributed by atoms with van der Waals surface area (Å²) < 4.78 is 15.6. The molecular formula is C11H11BrFN3. The van der Waals surface area contributed by atoms with Crippen molar-refractivity contribution in [2.75, 3.05) is 0 Å². The molecule has 0 N–H and O–H groups in total. The van der Waals surface area contributed by atoms with Crippen LogP contribution in [0.2, 0.25) is 0 Å². The van der Waals surface area contributed by atoms with E-state index < -0.39 is 0 Å². The molecule has 16 heavy (non-hydrogen) atoms. The Balaban J connectivity index is 1.94. The lowest BCUT2D eigenvalue weighted by molar-refractivity contribution is 0.544. The molecule has 84 valence electrons. The van der Waals surface area contributed by atoms with Crippen LogP contribution in [0.3, 0.4) is 0 Å². The molecule has 1 aliphatic carbocycles. The number of aromatic nitrogens is 3. The molecule has 1 heterocycles. The third-order valence-corrected chi connectivity index (χ3v) is 3.61. The van der Waals surface area contributed by atoms with E-state index >= 15 is 0 Å². The maximum atomic E-state index is 13.3. The van der Waals surface area contributed by atoms with Crippen LogP contribution in [-0.2, 0) is 6.54 Å². The fourth-order valence-electron chi connectivity index (χ4n) is 1.84. The Morgan fingerprint density at radius 3 is 3.00 bits per heavy atom. The fourth-order valence-corrected chi connectivity index (χ4v) is 2.17. The molecule has 3 nitrogen and oxygen atoms in total. The number of hydrogen-bond donors (Lipinski definition) is 0. The highest BCUT2D eigenvalue weighted by Gasteiger charge is 2.21. The summed E-state index contributed by atoms with van der Waals surface area (Å²) in [7, 11) is 0. The smallest absolute Gasteiger partial charge is 0.139 e. The number of rotatable bonds is 3. The maximum absolute atomic E-state index is 13.3. The van der Waals surface area contributed by atoms with Gasteiger partial charge in [0.2, 0.25) is 0 Å². The first-order valence-corrected chi connectivity index (χ1v) is 6.21. The molecule has 0 saturated heterocycles. The highest BCUT2D eigenvalue weighted by Crippen LogP contribution is 2.33. The van der Waals surface area contributed by atoms with Crippen molar-refractivity contribution in [1.29, 1.82) is 0 Å². The lowest BCUT2D eigenvalue weighted by atomic mass is 10.2. The molecule has 0 radical (unpaired) electrons. The predicted molar refractivity (Wildman–Crippen MR) is 62.5 cm³/mol. The zero-order chi connectivity index (χ0) is 11.1. The zero-order valence-corrected chi connectivity index (χ0v) is 10.2. The standard InChI is InChI=1S/C11H11BrFN3/c12-8-5-11-10(6-9(8)13)14-15-16(11)4-3-7-1-2-7/h5-7H,1-4H2. The molecule has 1 aromatic heterocycles. The van der Waals surface area contributed by atoms with E-state index in [2.05, 4.69) is 26.2 Å². The van der Waals surface area contributed by atoms with E-state index in [0.29, 0.717) is 9.99 Å². The molecule has 0 amide bonds. The molecule has 1 fully saturated rings. The second-order valence-corrected chi connectivity index (χ2v) is 5.15. The van der Waals surface area contributed by atoms with Crippen LogP contribution >= 0.6 is 15.9 Å². The van der Waals surface area contributed by atoms with Gasteiger partial charge in [0.1, 0.15) is 11.3 Å². The minimum Gasteiger partial charge on any atom is -0.245 e. The van der Waals surface area contributed by atoms with Crippen LogP contribution in [0, 0.1) is 11.7 Å². The van der Waals surface area contributed by atoms with Crippen molar-refractivity contribution in [3.8, 4) is 0 Å². The van der Waals surface area contributed by atoms with Gasteiger partial charge in [-0.15, -0.1) is 5.10 Å².